The fourth-order valence-electron chi connectivity index (χ4n) is 1.96. The highest BCUT2D eigenvalue weighted by Gasteiger charge is 2.37. The first-order chi connectivity index (χ1) is 8.99. The summed E-state index contributed by atoms with van der Waals surface area (Å²) < 4.78 is 0. The van der Waals surface area contributed by atoms with Crippen LogP contribution in [0.1, 0.15) is 17.5 Å². The molecule has 0 radical (unpaired) electrons. The fourth-order valence-corrected chi connectivity index (χ4v) is 2.68. The number of hydrogen-bond donors (Lipinski definition) is 2. The lowest BCUT2D eigenvalue weighted by atomic mass is 9.87. The van der Waals surface area contributed by atoms with Crippen LogP contribution in [0.15, 0.2) is 5.51 Å². The molecule has 19 heavy (non-hydrogen) atoms. The van der Waals surface area contributed by atoms with Gasteiger partial charge in [0.2, 0.25) is 0 Å². The standard InChI is InChI=1S/C12H17N3O3S/c1-7(11(16)17)9-4-15(5-9)12(18)13-3-10-8(2)14-6-19-10/h6-7,9H,3-5H2,1-2H3,(H,13,18)(H,16,17). The summed E-state index contributed by atoms with van der Waals surface area (Å²) in [5.74, 6) is -1.13. The second-order valence-corrected chi connectivity index (χ2v) is 5.75. The molecule has 0 aliphatic carbocycles. The molecule has 2 rings (SSSR count). The molecule has 0 aromatic carbocycles. The molecular weight excluding hydrogens is 266 g/mol. The van der Waals surface area contributed by atoms with Crippen LogP contribution in [0.5, 0.6) is 0 Å². The van der Waals surface area contributed by atoms with Crippen molar-refractivity contribution in [3.05, 3.63) is 16.1 Å². The number of urea groups is 1. The first-order valence-corrected chi connectivity index (χ1v) is 7.01. The van der Waals surface area contributed by atoms with Crippen LogP contribution in [0.4, 0.5) is 4.79 Å². The lowest BCUT2D eigenvalue weighted by Gasteiger charge is -2.41. The summed E-state index contributed by atoms with van der Waals surface area (Å²) in [4.78, 5) is 29.4. The number of carbonyl (C=O) groups is 2. The van der Waals surface area contributed by atoms with Gasteiger partial charge in [0.15, 0.2) is 0 Å². The van der Waals surface area contributed by atoms with Crippen molar-refractivity contribution in [2.75, 3.05) is 13.1 Å². The predicted molar refractivity (Wildman–Crippen MR) is 70.9 cm³/mol. The number of aryl methyl sites for hydroxylation is 1. The minimum atomic E-state index is -0.801. The summed E-state index contributed by atoms with van der Waals surface area (Å²) >= 11 is 1.52. The smallest absolute Gasteiger partial charge is 0.317 e. The van der Waals surface area contributed by atoms with Crippen LogP contribution >= 0.6 is 11.3 Å². The van der Waals surface area contributed by atoms with Gasteiger partial charge in [0.25, 0.3) is 0 Å². The monoisotopic (exact) mass is 283 g/mol. The van der Waals surface area contributed by atoms with E-state index in [-0.39, 0.29) is 11.9 Å². The largest absolute Gasteiger partial charge is 0.481 e. The zero-order valence-corrected chi connectivity index (χ0v) is 11.7. The topological polar surface area (TPSA) is 82.5 Å². The Balaban J connectivity index is 1.75. The van der Waals surface area contributed by atoms with Gasteiger partial charge in [0, 0.05) is 23.9 Å². The highest BCUT2D eigenvalue weighted by Crippen LogP contribution is 2.24. The summed E-state index contributed by atoms with van der Waals surface area (Å²) in [5, 5.41) is 11.7. The summed E-state index contributed by atoms with van der Waals surface area (Å²) in [7, 11) is 0. The van der Waals surface area contributed by atoms with Crippen LogP contribution in [-0.2, 0) is 11.3 Å². The van der Waals surface area contributed by atoms with E-state index in [4.69, 9.17) is 5.11 Å². The predicted octanol–water partition coefficient (Wildman–Crippen LogP) is 1.31. The molecule has 104 valence electrons. The highest BCUT2D eigenvalue weighted by molar-refractivity contribution is 7.09. The maximum absolute atomic E-state index is 11.8. The molecule has 1 aliphatic heterocycles. The number of carboxylic acids is 1. The molecule has 2 heterocycles. The van der Waals surface area contributed by atoms with Gasteiger partial charge in [0.05, 0.1) is 23.7 Å². The summed E-state index contributed by atoms with van der Waals surface area (Å²) in [5.41, 5.74) is 2.69. The molecule has 1 aromatic rings. The number of hydrogen-bond acceptors (Lipinski definition) is 4. The molecule has 7 heteroatoms. The third kappa shape index (κ3) is 3.04. The van der Waals surface area contributed by atoms with Gasteiger partial charge in [-0.2, -0.15) is 0 Å². The number of rotatable bonds is 4. The minimum Gasteiger partial charge on any atom is -0.481 e. The van der Waals surface area contributed by atoms with Crippen LogP contribution in [0.2, 0.25) is 0 Å². The quantitative estimate of drug-likeness (QED) is 0.873. The van der Waals surface area contributed by atoms with E-state index >= 15 is 0 Å². The number of carbonyl (C=O) groups excluding carboxylic acids is 1. The molecule has 2 amide bonds. The number of amides is 2. The summed E-state index contributed by atoms with van der Waals surface area (Å²) in [6.45, 7) is 5.10. The fraction of sp³-hybridized carbons (Fsp3) is 0.583. The molecular formula is C12H17N3O3S. The Labute approximate surface area is 115 Å². The van der Waals surface area contributed by atoms with Crippen LogP contribution < -0.4 is 5.32 Å². The van der Waals surface area contributed by atoms with E-state index in [2.05, 4.69) is 10.3 Å². The number of likely N-dealkylation sites (tertiary alicyclic amines) is 1. The van der Waals surface area contributed by atoms with Crippen LogP contribution in [-0.4, -0.2) is 40.1 Å². The van der Waals surface area contributed by atoms with Crippen molar-refractivity contribution in [3.63, 3.8) is 0 Å². The normalized spacial score (nSPS) is 16.8. The molecule has 0 bridgehead atoms. The molecule has 1 saturated heterocycles. The summed E-state index contributed by atoms with van der Waals surface area (Å²) in [6, 6.07) is -0.137. The average molecular weight is 283 g/mol. The second-order valence-electron chi connectivity index (χ2n) is 4.81. The molecule has 1 aliphatic rings. The Morgan fingerprint density at radius 2 is 2.32 bits per heavy atom. The number of nitrogens with zero attached hydrogens (tertiary/aromatic N) is 2. The Hall–Kier alpha value is -1.63. The van der Waals surface area contributed by atoms with E-state index in [1.807, 2.05) is 6.92 Å². The van der Waals surface area contributed by atoms with Gasteiger partial charge in [-0.05, 0) is 6.92 Å². The van der Waals surface area contributed by atoms with E-state index in [9.17, 15) is 9.59 Å². The third-order valence-corrected chi connectivity index (χ3v) is 4.47. The van der Waals surface area contributed by atoms with Crippen LogP contribution in [0, 0.1) is 18.8 Å². The van der Waals surface area contributed by atoms with Crippen molar-refractivity contribution in [1.82, 2.24) is 15.2 Å². The Morgan fingerprint density at radius 3 is 2.84 bits per heavy atom. The van der Waals surface area contributed by atoms with E-state index in [1.165, 1.54) is 11.3 Å². The van der Waals surface area contributed by atoms with Crippen LogP contribution in [0.25, 0.3) is 0 Å². The molecule has 1 atom stereocenters. The van der Waals surface area contributed by atoms with Gasteiger partial charge in [-0.1, -0.05) is 6.92 Å². The first kappa shape index (κ1) is 13.8. The van der Waals surface area contributed by atoms with Crippen molar-refractivity contribution < 1.29 is 14.7 Å². The maximum atomic E-state index is 11.8. The molecule has 1 unspecified atom stereocenters. The highest BCUT2D eigenvalue weighted by atomic mass is 32.1. The summed E-state index contributed by atoms with van der Waals surface area (Å²) in [6.07, 6.45) is 0. The molecule has 6 nitrogen and oxygen atoms in total. The van der Waals surface area contributed by atoms with Gasteiger partial charge in [-0.15, -0.1) is 11.3 Å². The molecule has 1 fully saturated rings. The van der Waals surface area contributed by atoms with E-state index < -0.39 is 11.9 Å². The lowest BCUT2D eigenvalue weighted by molar-refractivity contribution is -0.144. The Bertz CT molecular complexity index is 482. The number of nitrogens with one attached hydrogen (secondary N) is 1. The van der Waals surface area contributed by atoms with Crippen molar-refractivity contribution in [3.8, 4) is 0 Å². The van der Waals surface area contributed by atoms with Crippen LogP contribution in [0.3, 0.4) is 0 Å². The molecule has 2 N–H and O–H groups in total. The van der Waals surface area contributed by atoms with E-state index in [0.29, 0.717) is 19.6 Å². The van der Waals surface area contributed by atoms with Gasteiger partial charge < -0.3 is 15.3 Å². The SMILES string of the molecule is Cc1ncsc1CNC(=O)N1CC(C(C)C(=O)O)C1. The molecule has 0 saturated carbocycles. The van der Waals surface area contributed by atoms with Crippen molar-refractivity contribution in [2.45, 2.75) is 20.4 Å². The lowest BCUT2D eigenvalue weighted by Crippen LogP contribution is -2.56. The van der Waals surface area contributed by atoms with Crippen molar-refractivity contribution in [2.24, 2.45) is 11.8 Å². The van der Waals surface area contributed by atoms with Gasteiger partial charge >= 0.3 is 12.0 Å². The number of aliphatic carboxylic acids is 1. The maximum Gasteiger partial charge on any atom is 0.317 e. The van der Waals surface area contributed by atoms with Crippen molar-refractivity contribution in [1.29, 1.82) is 0 Å². The van der Waals surface area contributed by atoms with E-state index in [0.717, 1.165) is 10.6 Å². The van der Waals surface area contributed by atoms with Gasteiger partial charge in [0.1, 0.15) is 0 Å². The van der Waals surface area contributed by atoms with Gasteiger partial charge in [-0.3, -0.25) is 4.79 Å². The number of aromatic nitrogens is 1. The third-order valence-electron chi connectivity index (χ3n) is 3.54. The second kappa shape index (κ2) is 5.56. The number of thiazole rings is 1. The Kier molecular flexibility index (Phi) is 4.04. The average Bonchev–Trinajstić information content (AvgIpc) is 2.70. The zero-order valence-electron chi connectivity index (χ0n) is 10.9. The van der Waals surface area contributed by atoms with Crippen molar-refractivity contribution >= 4 is 23.3 Å². The molecule has 0 spiro atoms. The number of carboxylic acid groups (broad SMARTS) is 1. The minimum absolute atomic E-state index is 0.0633. The zero-order chi connectivity index (χ0) is 14.0. The van der Waals surface area contributed by atoms with Gasteiger partial charge in [-0.25, -0.2) is 9.78 Å². The Morgan fingerprint density at radius 1 is 1.63 bits per heavy atom. The van der Waals surface area contributed by atoms with E-state index in [1.54, 1.807) is 17.3 Å². The molecule has 1 aromatic heterocycles. The first-order valence-electron chi connectivity index (χ1n) is 6.13.